The molecule has 0 radical (unpaired) electrons. The number of pyridine rings is 1. The second-order valence-corrected chi connectivity index (χ2v) is 8.70. The van der Waals surface area contributed by atoms with E-state index in [0.717, 1.165) is 28.0 Å². The van der Waals surface area contributed by atoms with Gasteiger partial charge in [0.05, 0.1) is 29.0 Å². The Balaban J connectivity index is 1.82. The van der Waals surface area contributed by atoms with Crippen molar-refractivity contribution in [2.24, 2.45) is 4.99 Å². The van der Waals surface area contributed by atoms with Crippen LogP contribution in [0.25, 0.3) is 10.9 Å². The molecular weight excluding hydrogens is 374 g/mol. The SMILES string of the molecule is CC=Nc1cc(N2CCS(=O)(=O)c3cc(OC)ccc3C2)nc2ccccc12. The molecule has 0 amide bonds. The number of rotatable bonds is 3. The Bertz CT molecular complexity index is 1170. The van der Waals surface area contributed by atoms with E-state index in [9.17, 15) is 8.42 Å². The Morgan fingerprint density at radius 3 is 2.79 bits per heavy atom. The van der Waals surface area contributed by atoms with Crippen LogP contribution in [-0.2, 0) is 16.4 Å². The predicted molar refractivity (Wildman–Crippen MR) is 112 cm³/mol. The lowest BCUT2D eigenvalue weighted by molar-refractivity contribution is 0.413. The van der Waals surface area contributed by atoms with Crippen molar-refractivity contribution in [3.05, 3.63) is 54.1 Å². The highest BCUT2D eigenvalue weighted by Crippen LogP contribution is 2.33. The van der Waals surface area contributed by atoms with E-state index in [0.29, 0.717) is 23.7 Å². The molecule has 6 nitrogen and oxygen atoms in total. The average molecular weight is 395 g/mol. The van der Waals surface area contributed by atoms with Crippen LogP contribution in [0.4, 0.5) is 11.5 Å². The Morgan fingerprint density at radius 1 is 1.18 bits per heavy atom. The number of benzene rings is 2. The molecule has 2 heterocycles. The number of aliphatic imine (C=N–C) groups is 1. The molecule has 0 bridgehead atoms. The van der Waals surface area contributed by atoms with Crippen molar-refractivity contribution >= 4 is 38.5 Å². The maximum atomic E-state index is 12.8. The largest absolute Gasteiger partial charge is 0.497 e. The van der Waals surface area contributed by atoms with Gasteiger partial charge in [0.15, 0.2) is 9.84 Å². The Hall–Kier alpha value is -2.93. The van der Waals surface area contributed by atoms with E-state index in [2.05, 4.69) is 4.99 Å². The number of para-hydroxylation sites is 1. The lowest BCUT2D eigenvalue weighted by Gasteiger charge is -2.22. The van der Waals surface area contributed by atoms with Crippen molar-refractivity contribution in [2.45, 2.75) is 18.4 Å². The minimum atomic E-state index is -3.39. The lowest BCUT2D eigenvalue weighted by Crippen LogP contribution is -2.26. The van der Waals surface area contributed by atoms with Gasteiger partial charge in [-0.15, -0.1) is 0 Å². The summed E-state index contributed by atoms with van der Waals surface area (Å²) < 4.78 is 30.8. The van der Waals surface area contributed by atoms with Crippen molar-refractivity contribution in [3.63, 3.8) is 0 Å². The van der Waals surface area contributed by atoms with Crippen LogP contribution in [0, 0.1) is 0 Å². The summed E-state index contributed by atoms with van der Waals surface area (Å²) in [6, 6.07) is 15.0. The van der Waals surface area contributed by atoms with E-state index in [1.54, 1.807) is 18.3 Å². The van der Waals surface area contributed by atoms with Gasteiger partial charge in [-0.05, 0) is 30.7 Å². The van der Waals surface area contributed by atoms with Crippen molar-refractivity contribution in [1.29, 1.82) is 0 Å². The zero-order chi connectivity index (χ0) is 19.7. The van der Waals surface area contributed by atoms with Crippen LogP contribution in [0.1, 0.15) is 12.5 Å². The molecule has 0 aliphatic carbocycles. The first-order chi connectivity index (χ1) is 13.5. The van der Waals surface area contributed by atoms with Gasteiger partial charge in [-0.3, -0.25) is 4.99 Å². The van der Waals surface area contributed by atoms with E-state index in [4.69, 9.17) is 9.72 Å². The molecule has 0 atom stereocenters. The smallest absolute Gasteiger partial charge is 0.180 e. The first-order valence-electron chi connectivity index (χ1n) is 9.05. The number of aromatic nitrogens is 1. The summed E-state index contributed by atoms with van der Waals surface area (Å²) in [4.78, 5) is 11.6. The van der Waals surface area contributed by atoms with E-state index >= 15 is 0 Å². The molecule has 3 aromatic rings. The number of hydrogen-bond donors (Lipinski definition) is 0. The fourth-order valence-electron chi connectivity index (χ4n) is 3.45. The van der Waals surface area contributed by atoms with Gasteiger partial charge in [0, 0.05) is 30.8 Å². The number of ether oxygens (including phenoxy) is 1. The fourth-order valence-corrected chi connectivity index (χ4v) is 4.96. The molecule has 0 unspecified atom stereocenters. The van der Waals surface area contributed by atoms with Crippen LogP contribution >= 0.6 is 0 Å². The van der Waals surface area contributed by atoms with Crippen LogP contribution in [-0.4, -0.2) is 39.0 Å². The minimum Gasteiger partial charge on any atom is -0.497 e. The van der Waals surface area contributed by atoms with Gasteiger partial charge < -0.3 is 9.64 Å². The van der Waals surface area contributed by atoms with Gasteiger partial charge in [0.1, 0.15) is 11.6 Å². The van der Waals surface area contributed by atoms with Gasteiger partial charge in [0.25, 0.3) is 0 Å². The molecule has 28 heavy (non-hydrogen) atoms. The predicted octanol–water partition coefficient (Wildman–Crippen LogP) is 3.76. The van der Waals surface area contributed by atoms with E-state index < -0.39 is 9.84 Å². The maximum Gasteiger partial charge on any atom is 0.180 e. The number of methoxy groups -OCH3 is 1. The first kappa shape index (κ1) is 18.4. The number of sulfone groups is 1. The molecule has 4 rings (SSSR count). The molecule has 0 spiro atoms. The fraction of sp³-hybridized carbons (Fsp3) is 0.238. The Morgan fingerprint density at radius 2 is 2.00 bits per heavy atom. The third kappa shape index (κ3) is 3.33. The molecule has 7 heteroatoms. The third-order valence-electron chi connectivity index (χ3n) is 4.87. The molecule has 1 aromatic heterocycles. The van der Waals surface area contributed by atoms with Gasteiger partial charge in [-0.25, -0.2) is 13.4 Å². The molecule has 0 saturated carbocycles. The monoisotopic (exact) mass is 395 g/mol. The van der Waals surface area contributed by atoms with Gasteiger partial charge in [0.2, 0.25) is 0 Å². The number of fused-ring (bicyclic) bond motifs is 2. The molecule has 0 saturated heterocycles. The Kier molecular flexibility index (Phi) is 4.77. The van der Waals surface area contributed by atoms with Crippen molar-refractivity contribution in [2.75, 3.05) is 24.3 Å². The molecule has 144 valence electrons. The van der Waals surface area contributed by atoms with Gasteiger partial charge in [-0.1, -0.05) is 24.3 Å². The molecule has 0 fully saturated rings. The van der Waals surface area contributed by atoms with E-state index in [1.807, 2.05) is 48.2 Å². The normalized spacial score (nSPS) is 16.1. The zero-order valence-electron chi connectivity index (χ0n) is 15.8. The highest BCUT2D eigenvalue weighted by molar-refractivity contribution is 7.91. The number of hydrogen-bond acceptors (Lipinski definition) is 6. The molecule has 1 aliphatic rings. The third-order valence-corrected chi connectivity index (χ3v) is 6.64. The summed E-state index contributed by atoms with van der Waals surface area (Å²) in [5.74, 6) is 1.28. The first-order valence-corrected chi connectivity index (χ1v) is 10.7. The van der Waals surface area contributed by atoms with Crippen LogP contribution < -0.4 is 9.64 Å². The van der Waals surface area contributed by atoms with Crippen molar-refractivity contribution in [3.8, 4) is 5.75 Å². The summed E-state index contributed by atoms with van der Waals surface area (Å²) in [5.41, 5.74) is 2.40. The lowest BCUT2D eigenvalue weighted by atomic mass is 10.1. The summed E-state index contributed by atoms with van der Waals surface area (Å²) in [6.45, 7) is 2.69. The van der Waals surface area contributed by atoms with E-state index in [1.165, 1.54) is 7.11 Å². The number of nitrogens with zero attached hydrogens (tertiary/aromatic N) is 3. The second kappa shape index (κ2) is 7.24. The van der Waals surface area contributed by atoms with Crippen LogP contribution in [0.5, 0.6) is 5.75 Å². The van der Waals surface area contributed by atoms with Crippen LogP contribution in [0.3, 0.4) is 0 Å². The van der Waals surface area contributed by atoms with Crippen LogP contribution in [0.15, 0.2) is 58.4 Å². The standard InChI is InChI=1S/C21H21N3O3S/c1-3-22-19-13-21(23-18-7-5-4-6-17(18)19)24-10-11-28(25,26)20-12-16(27-2)9-8-15(20)14-24/h3-9,12-13H,10-11,14H2,1-2H3. The van der Waals surface area contributed by atoms with Gasteiger partial charge in [-0.2, -0.15) is 0 Å². The van der Waals surface area contributed by atoms with Crippen molar-refractivity contribution in [1.82, 2.24) is 4.98 Å². The summed E-state index contributed by atoms with van der Waals surface area (Å²) >= 11 is 0. The second-order valence-electron chi connectivity index (χ2n) is 6.62. The zero-order valence-corrected chi connectivity index (χ0v) is 16.6. The number of anilines is 1. The van der Waals surface area contributed by atoms with Gasteiger partial charge >= 0.3 is 0 Å². The molecule has 1 aliphatic heterocycles. The maximum absolute atomic E-state index is 12.8. The molecular formula is C21H21N3O3S. The molecule has 0 N–H and O–H groups in total. The summed E-state index contributed by atoms with van der Waals surface area (Å²) in [7, 11) is -1.86. The van der Waals surface area contributed by atoms with E-state index in [-0.39, 0.29) is 5.75 Å². The average Bonchev–Trinajstić information content (AvgIpc) is 2.84. The Labute approximate surface area is 164 Å². The minimum absolute atomic E-state index is 0.0219. The molecule has 2 aromatic carbocycles. The van der Waals surface area contributed by atoms with Crippen LogP contribution in [0.2, 0.25) is 0 Å². The van der Waals surface area contributed by atoms with Crippen molar-refractivity contribution < 1.29 is 13.2 Å². The topological polar surface area (TPSA) is 71.9 Å². The highest BCUT2D eigenvalue weighted by Gasteiger charge is 2.27. The quantitative estimate of drug-likeness (QED) is 0.632. The highest BCUT2D eigenvalue weighted by atomic mass is 32.2. The summed E-state index contributed by atoms with van der Waals surface area (Å²) in [6.07, 6.45) is 1.75. The summed E-state index contributed by atoms with van der Waals surface area (Å²) in [5, 5.41) is 0.969.